The van der Waals surface area contributed by atoms with Gasteiger partial charge in [0, 0.05) is 21.0 Å². The number of anilines is 1. The monoisotopic (exact) mass is 467 g/mol. The lowest BCUT2D eigenvalue weighted by molar-refractivity contribution is 0.0711. The predicted molar refractivity (Wildman–Crippen MR) is 129 cm³/mol. The largest absolute Gasteiger partial charge is 0.358 e. The highest BCUT2D eigenvalue weighted by atomic mass is 35.5. The van der Waals surface area contributed by atoms with Crippen LogP contribution in [0.5, 0.6) is 0 Å². The highest BCUT2D eigenvalue weighted by Gasteiger charge is 2.52. The number of nitrogens with one attached hydrogen (secondary N) is 1. The fourth-order valence-corrected chi connectivity index (χ4v) is 6.44. The first kappa shape index (κ1) is 21.5. The van der Waals surface area contributed by atoms with E-state index >= 15 is 0 Å². The molecule has 32 heavy (non-hydrogen) atoms. The van der Waals surface area contributed by atoms with Crippen molar-refractivity contribution in [2.75, 3.05) is 25.0 Å². The fraction of sp³-hybridized carbons (Fsp3) is 0.320. The number of rotatable bonds is 4. The Labute approximate surface area is 197 Å². The molecule has 3 heterocycles. The minimum Gasteiger partial charge on any atom is -0.358 e. The second-order valence-corrected chi connectivity index (χ2v) is 10.4. The molecule has 1 spiro atoms. The van der Waals surface area contributed by atoms with Crippen LogP contribution in [0.1, 0.15) is 44.6 Å². The summed E-state index contributed by atoms with van der Waals surface area (Å²) in [6.45, 7) is 2.82. The molecule has 2 aliphatic rings. The van der Waals surface area contributed by atoms with E-state index < -0.39 is 5.91 Å². The highest BCUT2D eigenvalue weighted by Crippen LogP contribution is 2.58. The number of carbonyl (C=O) groups excluding carboxylic acids is 1. The van der Waals surface area contributed by atoms with E-state index in [0.717, 1.165) is 35.8 Å². The first-order valence-electron chi connectivity index (χ1n) is 10.9. The SMILES string of the molecule is CN1CCC2(CC1)c1ccccc1N(Cc1ccc(C(=O)NO)s1)[C@H]2c1ccc(Cl)cc1. The zero-order valence-corrected chi connectivity index (χ0v) is 19.5. The van der Waals surface area contributed by atoms with Crippen molar-refractivity contribution in [2.45, 2.75) is 30.8 Å². The van der Waals surface area contributed by atoms with Gasteiger partial charge in [-0.25, -0.2) is 5.48 Å². The molecule has 7 heteroatoms. The Balaban J connectivity index is 1.60. The van der Waals surface area contributed by atoms with E-state index in [9.17, 15) is 4.79 Å². The van der Waals surface area contributed by atoms with Gasteiger partial charge >= 0.3 is 0 Å². The van der Waals surface area contributed by atoms with Crippen LogP contribution in [0.25, 0.3) is 0 Å². The van der Waals surface area contributed by atoms with Crippen molar-refractivity contribution in [3.05, 3.63) is 86.6 Å². The van der Waals surface area contributed by atoms with Gasteiger partial charge in [-0.2, -0.15) is 0 Å². The third-order valence-corrected chi connectivity index (χ3v) is 8.28. The van der Waals surface area contributed by atoms with Crippen LogP contribution < -0.4 is 10.4 Å². The molecule has 0 unspecified atom stereocenters. The minimum absolute atomic E-state index is 0.0273. The zero-order valence-electron chi connectivity index (χ0n) is 17.9. The molecule has 1 fully saturated rings. The number of carbonyl (C=O) groups is 1. The van der Waals surface area contributed by atoms with E-state index in [1.807, 2.05) is 18.2 Å². The Hall–Kier alpha value is -2.38. The van der Waals surface area contributed by atoms with Gasteiger partial charge in [-0.3, -0.25) is 10.0 Å². The maximum atomic E-state index is 11.9. The second kappa shape index (κ2) is 8.52. The lowest BCUT2D eigenvalue weighted by atomic mass is 9.67. The zero-order chi connectivity index (χ0) is 22.3. The minimum atomic E-state index is -0.468. The fourth-order valence-electron chi connectivity index (χ4n) is 5.42. The van der Waals surface area contributed by atoms with E-state index in [4.69, 9.17) is 16.8 Å². The molecule has 1 atom stereocenters. The Kier molecular flexibility index (Phi) is 5.72. The molecule has 2 aromatic carbocycles. The molecule has 1 amide bonds. The second-order valence-electron chi connectivity index (χ2n) is 8.77. The number of piperidine rings is 1. The topological polar surface area (TPSA) is 55.8 Å². The lowest BCUT2D eigenvalue weighted by Gasteiger charge is -2.44. The normalized spacial score (nSPS) is 19.8. The van der Waals surface area contributed by atoms with Crippen molar-refractivity contribution in [1.82, 2.24) is 10.4 Å². The average Bonchev–Trinajstić information content (AvgIpc) is 3.38. The maximum absolute atomic E-state index is 11.9. The van der Waals surface area contributed by atoms with Gasteiger partial charge < -0.3 is 9.80 Å². The summed E-state index contributed by atoms with van der Waals surface area (Å²) in [5.41, 5.74) is 5.70. The smallest absolute Gasteiger partial charge is 0.284 e. The van der Waals surface area contributed by atoms with Crippen molar-refractivity contribution in [1.29, 1.82) is 0 Å². The molecule has 0 saturated carbocycles. The standard InChI is InChI=1S/C25H26ClN3O2S/c1-28-14-12-25(13-15-28)20-4-2-3-5-21(20)29(23(25)17-6-8-18(26)9-7-17)16-19-10-11-22(32-19)24(30)27-31/h2-11,23,31H,12-16H2,1H3,(H,27,30)/t23-/m0/s1. The van der Waals surface area contributed by atoms with E-state index in [2.05, 4.69) is 53.2 Å². The predicted octanol–water partition coefficient (Wildman–Crippen LogP) is 5.25. The Morgan fingerprint density at radius 3 is 2.56 bits per heavy atom. The van der Waals surface area contributed by atoms with Crippen LogP contribution in [-0.4, -0.2) is 36.2 Å². The van der Waals surface area contributed by atoms with E-state index in [1.165, 1.54) is 28.2 Å². The summed E-state index contributed by atoms with van der Waals surface area (Å²) >= 11 is 7.66. The number of fused-ring (bicyclic) bond motifs is 2. The van der Waals surface area contributed by atoms with Crippen molar-refractivity contribution in [3.63, 3.8) is 0 Å². The van der Waals surface area contributed by atoms with Gasteiger partial charge in [-0.05, 0) is 74.4 Å². The maximum Gasteiger partial charge on any atom is 0.284 e. The number of benzene rings is 2. The molecule has 1 aromatic heterocycles. The Bertz CT molecular complexity index is 1120. The average molecular weight is 468 g/mol. The molecule has 0 bridgehead atoms. The van der Waals surface area contributed by atoms with E-state index in [0.29, 0.717) is 11.4 Å². The first-order valence-corrected chi connectivity index (χ1v) is 12.0. The number of likely N-dealkylation sites (tertiary alicyclic amines) is 1. The van der Waals surface area contributed by atoms with Gasteiger partial charge in [0.2, 0.25) is 0 Å². The van der Waals surface area contributed by atoms with Crippen LogP contribution in [0, 0.1) is 0 Å². The summed E-state index contributed by atoms with van der Waals surface area (Å²) in [6.07, 6.45) is 2.18. The van der Waals surface area contributed by atoms with Gasteiger partial charge in [0.1, 0.15) is 0 Å². The van der Waals surface area contributed by atoms with Crippen molar-refractivity contribution < 1.29 is 10.0 Å². The molecule has 2 aliphatic heterocycles. The summed E-state index contributed by atoms with van der Waals surface area (Å²) in [5.74, 6) is -0.468. The number of hydrogen-bond acceptors (Lipinski definition) is 5. The molecule has 2 N–H and O–H groups in total. The molecule has 1 saturated heterocycles. The van der Waals surface area contributed by atoms with E-state index in [-0.39, 0.29) is 11.5 Å². The summed E-state index contributed by atoms with van der Waals surface area (Å²) in [7, 11) is 2.20. The van der Waals surface area contributed by atoms with Crippen LogP contribution in [0.3, 0.4) is 0 Å². The van der Waals surface area contributed by atoms with Crippen LogP contribution in [0.2, 0.25) is 5.02 Å². The van der Waals surface area contributed by atoms with Crippen molar-refractivity contribution in [2.24, 2.45) is 0 Å². The molecule has 5 nitrogen and oxygen atoms in total. The third-order valence-electron chi connectivity index (χ3n) is 6.96. The number of thiophene rings is 1. The van der Waals surface area contributed by atoms with Crippen LogP contribution in [-0.2, 0) is 12.0 Å². The van der Waals surface area contributed by atoms with Gasteiger partial charge in [0.25, 0.3) is 5.91 Å². The number of nitrogens with zero attached hydrogens (tertiary/aromatic N) is 2. The summed E-state index contributed by atoms with van der Waals surface area (Å²) in [6, 6.07) is 21.0. The molecular weight excluding hydrogens is 442 g/mol. The Morgan fingerprint density at radius 2 is 1.84 bits per heavy atom. The molecule has 0 radical (unpaired) electrons. The number of para-hydroxylation sites is 1. The van der Waals surface area contributed by atoms with Gasteiger partial charge in [-0.15, -0.1) is 11.3 Å². The van der Waals surface area contributed by atoms with Crippen LogP contribution >= 0.6 is 22.9 Å². The first-order chi connectivity index (χ1) is 15.5. The molecule has 5 rings (SSSR count). The van der Waals surface area contributed by atoms with Crippen molar-refractivity contribution >= 4 is 34.5 Å². The quantitative estimate of drug-likeness (QED) is 0.406. The van der Waals surface area contributed by atoms with E-state index in [1.54, 1.807) is 11.5 Å². The summed E-state index contributed by atoms with van der Waals surface area (Å²) < 4.78 is 0. The van der Waals surface area contributed by atoms with Gasteiger partial charge in [0.15, 0.2) is 0 Å². The lowest BCUT2D eigenvalue weighted by Crippen LogP contribution is -2.45. The molecule has 0 aliphatic carbocycles. The number of amides is 1. The molecular formula is C25H26ClN3O2S. The summed E-state index contributed by atoms with van der Waals surface area (Å²) in [5, 5.41) is 9.74. The number of halogens is 1. The highest BCUT2D eigenvalue weighted by molar-refractivity contribution is 7.14. The Morgan fingerprint density at radius 1 is 1.12 bits per heavy atom. The third kappa shape index (κ3) is 3.61. The molecule has 3 aromatic rings. The van der Waals surface area contributed by atoms with Gasteiger partial charge in [-0.1, -0.05) is 41.9 Å². The molecule has 166 valence electrons. The van der Waals surface area contributed by atoms with Crippen LogP contribution in [0.4, 0.5) is 5.69 Å². The van der Waals surface area contributed by atoms with Crippen molar-refractivity contribution in [3.8, 4) is 0 Å². The number of hydrogen-bond donors (Lipinski definition) is 2. The van der Waals surface area contributed by atoms with Gasteiger partial charge in [0.05, 0.1) is 17.5 Å². The van der Waals surface area contributed by atoms with Crippen LogP contribution in [0.15, 0.2) is 60.7 Å². The summed E-state index contributed by atoms with van der Waals surface area (Å²) in [4.78, 5) is 18.4. The number of hydroxylamine groups is 1.